The van der Waals surface area contributed by atoms with Crippen LogP contribution in [0.4, 0.5) is 4.79 Å². The molecule has 0 unspecified atom stereocenters. The van der Waals surface area contributed by atoms with Crippen LogP contribution in [0.15, 0.2) is 48.5 Å². The summed E-state index contributed by atoms with van der Waals surface area (Å²) >= 11 is 5.96. The van der Waals surface area contributed by atoms with E-state index in [4.69, 9.17) is 16.3 Å². The highest BCUT2D eigenvalue weighted by molar-refractivity contribution is 6.30. The third-order valence-electron chi connectivity index (χ3n) is 5.09. The lowest BCUT2D eigenvalue weighted by atomic mass is 10.0. The first-order valence-electron chi connectivity index (χ1n) is 10.6. The minimum Gasteiger partial charge on any atom is -0.444 e. The Bertz CT molecular complexity index is 808. The molecule has 0 bridgehead atoms. The summed E-state index contributed by atoms with van der Waals surface area (Å²) < 4.78 is 5.45. The van der Waals surface area contributed by atoms with E-state index < -0.39 is 5.60 Å². The fourth-order valence-electron chi connectivity index (χ4n) is 3.41. The van der Waals surface area contributed by atoms with Gasteiger partial charge in [0.25, 0.3) is 0 Å². The van der Waals surface area contributed by atoms with Crippen molar-refractivity contribution in [3.05, 3.63) is 59.1 Å². The van der Waals surface area contributed by atoms with Crippen LogP contribution in [0.5, 0.6) is 0 Å². The molecule has 1 amide bonds. The molecule has 1 aliphatic heterocycles. The molecule has 6 heteroatoms. The molecule has 162 valence electrons. The van der Waals surface area contributed by atoms with E-state index in [2.05, 4.69) is 34.5 Å². The summed E-state index contributed by atoms with van der Waals surface area (Å²) in [5.74, 6) is 0. The maximum absolute atomic E-state index is 12.1. The summed E-state index contributed by atoms with van der Waals surface area (Å²) in [4.78, 5) is 16.3. The summed E-state index contributed by atoms with van der Waals surface area (Å²) in [6.45, 7) is 11.7. The molecule has 0 saturated carbocycles. The van der Waals surface area contributed by atoms with E-state index in [0.29, 0.717) is 0 Å². The van der Waals surface area contributed by atoms with Crippen LogP contribution >= 0.6 is 11.6 Å². The number of piperazine rings is 1. The number of hydrogen-bond acceptors (Lipinski definition) is 4. The van der Waals surface area contributed by atoms with Gasteiger partial charge >= 0.3 is 6.09 Å². The number of halogens is 1. The number of amides is 1. The average Bonchev–Trinajstić information content (AvgIpc) is 2.71. The minimum atomic E-state index is -0.439. The van der Waals surface area contributed by atoms with E-state index >= 15 is 0 Å². The van der Waals surface area contributed by atoms with Gasteiger partial charge in [0.2, 0.25) is 0 Å². The number of ether oxygens (including phenoxy) is 1. The smallest absolute Gasteiger partial charge is 0.410 e. The number of nitrogens with zero attached hydrogens (tertiary/aromatic N) is 2. The lowest BCUT2D eigenvalue weighted by Gasteiger charge is -2.35. The molecule has 5 nitrogen and oxygen atoms in total. The zero-order chi connectivity index (χ0) is 21.6. The molecule has 1 heterocycles. The zero-order valence-corrected chi connectivity index (χ0v) is 18.9. The summed E-state index contributed by atoms with van der Waals surface area (Å²) in [6, 6.07) is 16.5. The predicted molar refractivity (Wildman–Crippen MR) is 123 cm³/mol. The SMILES string of the molecule is CC(C)(C)OC(=O)N1CCN(CCNCc2ccc(-c3ccc(Cl)cc3)cc2)CC1. The van der Waals surface area contributed by atoms with Crippen molar-refractivity contribution in [3.63, 3.8) is 0 Å². The Balaban J connectivity index is 1.35. The number of nitrogens with one attached hydrogen (secondary N) is 1. The fourth-order valence-corrected chi connectivity index (χ4v) is 3.53. The van der Waals surface area contributed by atoms with Gasteiger partial charge in [-0.1, -0.05) is 48.0 Å². The Morgan fingerprint density at radius 1 is 0.967 bits per heavy atom. The van der Waals surface area contributed by atoms with Crippen LogP contribution in [0.3, 0.4) is 0 Å². The fraction of sp³-hybridized carbons (Fsp3) is 0.458. The molecular weight excluding hydrogens is 398 g/mol. The van der Waals surface area contributed by atoms with Gasteiger partial charge in [-0.3, -0.25) is 4.90 Å². The molecule has 2 aromatic carbocycles. The van der Waals surface area contributed by atoms with Crippen molar-refractivity contribution in [1.29, 1.82) is 0 Å². The maximum atomic E-state index is 12.1. The molecular formula is C24H32ClN3O2. The van der Waals surface area contributed by atoms with Crippen molar-refractivity contribution in [2.24, 2.45) is 0 Å². The molecule has 0 atom stereocenters. The van der Waals surface area contributed by atoms with Gasteiger partial charge in [0.1, 0.15) is 5.60 Å². The summed E-state index contributed by atoms with van der Waals surface area (Å²) in [7, 11) is 0. The second kappa shape index (κ2) is 10.3. The van der Waals surface area contributed by atoms with Crippen molar-refractivity contribution in [2.45, 2.75) is 32.9 Å². The van der Waals surface area contributed by atoms with Crippen LogP contribution in [0.2, 0.25) is 5.02 Å². The molecule has 1 aliphatic rings. The third kappa shape index (κ3) is 7.01. The largest absolute Gasteiger partial charge is 0.444 e. The number of benzene rings is 2. The molecule has 0 aliphatic carbocycles. The molecule has 2 aromatic rings. The predicted octanol–water partition coefficient (Wildman–Crippen LogP) is 4.65. The van der Waals surface area contributed by atoms with Crippen molar-refractivity contribution in [1.82, 2.24) is 15.1 Å². The maximum Gasteiger partial charge on any atom is 0.410 e. The van der Waals surface area contributed by atoms with Gasteiger partial charge in [-0.2, -0.15) is 0 Å². The molecule has 1 fully saturated rings. The molecule has 30 heavy (non-hydrogen) atoms. The van der Waals surface area contributed by atoms with Crippen molar-refractivity contribution in [3.8, 4) is 11.1 Å². The minimum absolute atomic E-state index is 0.206. The quantitative estimate of drug-likeness (QED) is 0.679. The third-order valence-corrected chi connectivity index (χ3v) is 5.34. The number of rotatable bonds is 6. The highest BCUT2D eigenvalue weighted by atomic mass is 35.5. The first-order valence-corrected chi connectivity index (χ1v) is 10.9. The average molecular weight is 430 g/mol. The second-order valence-electron chi connectivity index (χ2n) is 8.69. The first-order chi connectivity index (χ1) is 14.3. The highest BCUT2D eigenvalue weighted by Gasteiger charge is 2.25. The normalized spacial score (nSPS) is 15.3. The second-order valence-corrected chi connectivity index (χ2v) is 9.13. The van der Waals surface area contributed by atoms with Crippen molar-refractivity contribution < 1.29 is 9.53 Å². The van der Waals surface area contributed by atoms with Gasteiger partial charge in [-0.05, 0) is 49.6 Å². The monoisotopic (exact) mass is 429 g/mol. The van der Waals surface area contributed by atoms with E-state index in [-0.39, 0.29) is 6.09 Å². The Kier molecular flexibility index (Phi) is 7.75. The summed E-state index contributed by atoms with van der Waals surface area (Å²) in [5, 5.41) is 4.27. The van der Waals surface area contributed by atoms with E-state index in [1.165, 1.54) is 16.7 Å². The molecule has 0 radical (unpaired) electrons. The highest BCUT2D eigenvalue weighted by Crippen LogP contribution is 2.21. The number of carbonyl (C=O) groups excluding carboxylic acids is 1. The van der Waals surface area contributed by atoms with Gasteiger partial charge in [-0.15, -0.1) is 0 Å². The zero-order valence-electron chi connectivity index (χ0n) is 18.2. The van der Waals surface area contributed by atoms with Gasteiger partial charge in [0.05, 0.1) is 0 Å². The Hall–Kier alpha value is -2.08. The van der Waals surface area contributed by atoms with E-state index in [1.807, 2.05) is 45.0 Å². The molecule has 3 rings (SSSR count). The Morgan fingerprint density at radius 3 is 2.10 bits per heavy atom. The first kappa shape index (κ1) is 22.6. The van der Waals surface area contributed by atoms with Crippen molar-refractivity contribution in [2.75, 3.05) is 39.3 Å². The van der Waals surface area contributed by atoms with Crippen LogP contribution in [-0.2, 0) is 11.3 Å². The van der Waals surface area contributed by atoms with Crippen molar-refractivity contribution >= 4 is 17.7 Å². The lowest BCUT2D eigenvalue weighted by Crippen LogP contribution is -2.51. The molecule has 0 aromatic heterocycles. The van der Waals surface area contributed by atoms with Crippen LogP contribution in [0.1, 0.15) is 26.3 Å². The Labute approximate surface area is 185 Å². The lowest BCUT2D eigenvalue weighted by molar-refractivity contribution is 0.0146. The molecule has 0 spiro atoms. The number of carbonyl (C=O) groups is 1. The summed E-state index contributed by atoms with van der Waals surface area (Å²) in [5.41, 5.74) is 3.19. The Morgan fingerprint density at radius 2 is 1.53 bits per heavy atom. The van der Waals surface area contributed by atoms with Gasteiger partial charge in [0.15, 0.2) is 0 Å². The van der Waals surface area contributed by atoms with Crippen LogP contribution in [0, 0.1) is 0 Å². The number of hydrogen-bond donors (Lipinski definition) is 1. The van der Waals surface area contributed by atoms with Gasteiger partial charge < -0.3 is 15.0 Å². The van der Waals surface area contributed by atoms with Crippen LogP contribution < -0.4 is 5.32 Å². The standard InChI is InChI=1S/C24H32ClN3O2/c1-24(2,3)30-23(29)28-16-14-27(15-17-28)13-12-26-18-19-4-6-20(7-5-19)21-8-10-22(25)11-9-21/h4-11,26H,12-18H2,1-3H3. The molecule has 1 saturated heterocycles. The topological polar surface area (TPSA) is 44.8 Å². The van der Waals surface area contributed by atoms with Crippen LogP contribution in [0.25, 0.3) is 11.1 Å². The van der Waals surface area contributed by atoms with E-state index in [9.17, 15) is 4.79 Å². The summed E-state index contributed by atoms with van der Waals surface area (Å²) in [6.07, 6.45) is -0.206. The van der Waals surface area contributed by atoms with E-state index in [0.717, 1.165) is 50.8 Å². The van der Waals surface area contributed by atoms with E-state index in [1.54, 1.807) is 4.90 Å². The molecule has 1 N–H and O–H groups in total. The van der Waals surface area contributed by atoms with Gasteiger partial charge in [-0.25, -0.2) is 4.79 Å². The van der Waals surface area contributed by atoms with Gasteiger partial charge in [0, 0.05) is 50.8 Å². The van der Waals surface area contributed by atoms with Crippen LogP contribution in [-0.4, -0.2) is 60.8 Å².